The van der Waals surface area contributed by atoms with Crippen molar-refractivity contribution in [2.24, 2.45) is 0 Å². The number of hydrogen-bond donors (Lipinski definition) is 0. The third kappa shape index (κ3) is 7.00. The minimum absolute atomic E-state index is 0.0885. The molecule has 1 aromatic rings. The van der Waals surface area contributed by atoms with Crippen molar-refractivity contribution in [1.82, 2.24) is 0 Å². The molecule has 0 unspecified atom stereocenters. The molecule has 0 aliphatic heterocycles. The predicted molar refractivity (Wildman–Crippen MR) is 70.4 cm³/mol. The maximum atomic E-state index is 12.3. The van der Waals surface area contributed by atoms with Crippen LogP contribution in [0.5, 0.6) is 5.75 Å². The third-order valence-electron chi connectivity index (χ3n) is 2.48. The lowest BCUT2D eigenvalue weighted by molar-refractivity contribution is -0.137. The van der Waals surface area contributed by atoms with Crippen LogP contribution in [0.1, 0.15) is 24.8 Å². The van der Waals surface area contributed by atoms with Crippen molar-refractivity contribution in [2.45, 2.75) is 25.4 Å². The summed E-state index contributed by atoms with van der Waals surface area (Å²) in [5, 5.41) is 0. The van der Waals surface area contributed by atoms with Crippen molar-refractivity contribution in [3.8, 4) is 5.75 Å². The first kappa shape index (κ1) is 17.1. The number of alkyl halides is 3. The van der Waals surface area contributed by atoms with Crippen molar-refractivity contribution < 1.29 is 26.3 Å². The number of hydrogen-bond acceptors (Lipinski definition) is 3. The first-order valence-electron chi connectivity index (χ1n) is 5.91. The fourth-order valence-electron chi connectivity index (χ4n) is 1.48. The van der Waals surface area contributed by atoms with Crippen LogP contribution in [0.2, 0.25) is 0 Å². The largest absolute Gasteiger partial charge is 0.494 e. The second kappa shape index (κ2) is 7.17. The highest BCUT2D eigenvalue weighted by Gasteiger charge is 2.29. The number of halogens is 4. The van der Waals surface area contributed by atoms with E-state index in [2.05, 4.69) is 0 Å². The van der Waals surface area contributed by atoms with Crippen molar-refractivity contribution in [3.05, 3.63) is 29.8 Å². The molecule has 0 spiro atoms. The Bertz CT molecular complexity index is 512. The Hall–Kier alpha value is -0.950. The molecular formula is C12H14ClF3O3S. The summed E-state index contributed by atoms with van der Waals surface area (Å²) in [7, 11) is 1.59. The molecule has 0 radical (unpaired) electrons. The van der Waals surface area contributed by atoms with Crippen LogP contribution in [0.15, 0.2) is 24.3 Å². The summed E-state index contributed by atoms with van der Waals surface area (Å²) in [6.07, 6.45) is -2.70. The second-order valence-electron chi connectivity index (χ2n) is 4.17. The van der Waals surface area contributed by atoms with Gasteiger partial charge in [0.1, 0.15) is 5.75 Å². The Morgan fingerprint density at radius 2 is 1.65 bits per heavy atom. The fraction of sp³-hybridized carbons (Fsp3) is 0.500. The number of ether oxygens (including phenoxy) is 1. The van der Waals surface area contributed by atoms with Gasteiger partial charge in [0.05, 0.1) is 17.9 Å². The summed E-state index contributed by atoms with van der Waals surface area (Å²) in [5.74, 6) is 0.262. The van der Waals surface area contributed by atoms with Gasteiger partial charge in [0, 0.05) is 10.7 Å². The minimum Gasteiger partial charge on any atom is -0.494 e. The van der Waals surface area contributed by atoms with Crippen LogP contribution in [-0.2, 0) is 15.2 Å². The zero-order chi connectivity index (χ0) is 15.2. The Kier molecular flexibility index (Phi) is 6.13. The van der Waals surface area contributed by atoms with Crippen molar-refractivity contribution >= 4 is 19.7 Å². The Labute approximate surface area is 120 Å². The SMILES string of the molecule is O=S(=O)(Cl)CCCCCOc1ccc(C(F)(F)F)cc1. The number of unbranched alkanes of at least 4 members (excludes halogenated alkanes) is 2. The topological polar surface area (TPSA) is 43.4 Å². The maximum Gasteiger partial charge on any atom is 0.416 e. The quantitative estimate of drug-likeness (QED) is 0.564. The molecule has 20 heavy (non-hydrogen) atoms. The fourth-order valence-corrected chi connectivity index (χ4v) is 2.36. The molecule has 0 amide bonds. The summed E-state index contributed by atoms with van der Waals surface area (Å²) >= 11 is 0. The van der Waals surface area contributed by atoms with Crippen molar-refractivity contribution in [1.29, 1.82) is 0 Å². The van der Waals surface area contributed by atoms with Gasteiger partial charge in [-0.05, 0) is 43.5 Å². The molecule has 0 bridgehead atoms. The zero-order valence-corrected chi connectivity index (χ0v) is 12.1. The van der Waals surface area contributed by atoms with E-state index in [1.165, 1.54) is 12.1 Å². The van der Waals surface area contributed by atoms with E-state index < -0.39 is 20.8 Å². The molecule has 1 rings (SSSR count). The molecule has 0 aliphatic rings. The summed E-state index contributed by atoms with van der Waals surface area (Å²) in [5.41, 5.74) is -0.725. The molecule has 114 valence electrons. The normalized spacial score (nSPS) is 12.4. The molecule has 0 atom stereocenters. The van der Waals surface area contributed by atoms with E-state index in [-0.39, 0.29) is 5.75 Å². The molecule has 1 aromatic carbocycles. The van der Waals surface area contributed by atoms with E-state index in [9.17, 15) is 21.6 Å². The Morgan fingerprint density at radius 3 is 2.15 bits per heavy atom. The van der Waals surface area contributed by atoms with E-state index in [1.54, 1.807) is 0 Å². The summed E-state index contributed by atoms with van der Waals surface area (Å²) < 4.78 is 63.5. The molecule has 0 heterocycles. The average Bonchev–Trinajstić information content (AvgIpc) is 2.32. The molecule has 0 saturated heterocycles. The zero-order valence-electron chi connectivity index (χ0n) is 10.5. The molecule has 0 aliphatic carbocycles. The predicted octanol–water partition coefficient (Wildman–Crippen LogP) is 3.82. The highest BCUT2D eigenvalue weighted by Crippen LogP contribution is 2.30. The van der Waals surface area contributed by atoms with E-state index in [0.29, 0.717) is 31.6 Å². The van der Waals surface area contributed by atoms with Crippen molar-refractivity contribution in [3.63, 3.8) is 0 Å². The van der Waals surface area contributed by atoms with Crippen LogP contribution in [0.3, 0.4) is 0 Å². The van der Waals surface area contributed by atoms with Crippen LogP contribution in [0.25, 0.3) is 0 Å². The second-order valence-corrected chi connectivity index (χ2v) is 7.07. The van der Waals surface area contributed by atoms with Crippen LogP contribution in [0, 0.1) is 0 Å². The minimum atomic E-state index is -4.36. The highest BCUT2D eigenvalue weighted by molar-refractivity contribution is 8.13. The van der Waals surface area contributed by atoms with Gasteiger partial charge in [-0.25, -0.2) is 8.42 Å². The van der Waals surface area contributed by atoms with Gasteiger partial charge in [-0.3, -0.25) is 0 Å². The van der Waals surface area contributed by atoms with Crippen LogP contribution >= 0.6 is 10.7 Å². The van der Waals surface area contributed by atoms with Crippen LogP contribution in [-0.4, -0.2) is 20.8 Å². The molecular weight excluding hydrogens is 317 g/mol. The molecule has 3 nitrogen and oxygen atoms in total. The van der Waals surface area contributed by atoms with Gasteiger partial charge in [-0.2, -0.15) is 13.2 Å². The summed E-state index contributed by atoms with van der Waals surface area (Å²) in [4.78, 5) is 0. The monoisotopic (exact) mass is 330 g/mol. The van der Waals surface area contributed by atoms with Crippen LogP contribution in [0.4, 0.5) is 13.2 Å². The van der Waals surface area contributed by atoms with Crippen molar-refractivity contribution in [2.75, 3.05) is 12.4 Å². The van der Waals surface area contributed by atoms with Crippen LogP contribution < -0.4 is 4.74 Å². The maximum absolute atomic E-state index is 12.3. The van der Waals surface area contributed by atoms with Gasteiger partial charge < -0.3 is 4.74 Å². The first-order valence-corrected chi connectivity index (χ1v) is 8.39. The lowest BCUT2D eigenvalue weighted by Gasteiger charge is -2.09. The van der Waals surface area contributed by atoms with E-state index in [4.69, 9.17) is 15.4 Å². The van der Waals surface area contributed by atoms with Gasteiger partial charge in [0.15, 0.2) is 0 Å². The Morgan fingerprint density at radius 1 is 1.05 bits per heavy atom. The highest BCUT2D eigenvalue weighted by atomic mass is 35.7. The molecule has 0 N–H and O–H groups in total. The standard InChI is InChI=1S/C12H14ClF3O3S/c13-20(17,18)9-3-1-2-8-19-11-6-4-10(5-7-11)12(14,15)16/h4-7H,1-3,8-9H2. The molecule has 8 heteroatoms. The van der Waals surface area contributed by atoms with Gasteiger partial charge >= 0.3 is 6.18 Å². The van der Waals surface area contributed by atoms with E-state index in [0.717, 1.165) is 12.1 Å². The Balaban J connectivity index is 2.26. The lowest BCUT2D eigenvalue weighted by Crippen LogP contribution is -2.05. The average molecular weight is 331 g/mol. The lowest BCUT2D eigenvalue weighted by atomic mass is 10.2. The first-order chi connectivity index (χ1) is 9.18. The number of benzene rings is 1. The smallest absolute Gasteiger partial charge is 0.416 e. The van der Waals surface area contributed by atoms with Gasteiger partial charge in [0.2, 0.25) is 9.05 Å². The summed E-state index contributed by atoms with van der Waals surface area (Å²) in [6.45, 7) is 0.313. The third-order valence-corrected chi connectivity index (χ3v) is 3.72. The van der Waals surface area contributed by atoms with E-state index in [1.807, 2.05) is 0 Å². The summed E-state index contributed by atoms with van der Waals surface area (Å²) in [6, 6.07) is 4.42. The van der Waals surface area contributed by atoms with Gasteiger partial charge in [0.25, 0.3) is 0 Å². The molecule has 0 fully saturated rings. The van der Waals surface area contributed by atoms with E-state index >= 15 is 0 Å². The molecule has 0 aromatic heterocycles. The number of rotatable bonds is 7. The van der Waals surface area contributed by atoms with Gasteiger partial charge in [-0.1, -0.05) is 0 Å². The van der Waals surface area contributed by atoms with Gasteiger partial charge in [-0.15, -0.1) is 0 Å². The molecule has 0 saturated carbocycles.